The van der Waals surface area contributed by atoms with Gasteiger partial charge in [0, 0.05) is 25.4 Å². The summed E-state index contributed by atoms with van der Waals surface area (Å²) in [7, 11) is 1.74. The number of aryl methyl sites for hydroxylation is 1. The van der Waals surface area contributed by atoms with Gasteiger partial charge in [0.05, 0.1) is 6.54 Å². The van der Waals surface area contributed by atoms with Crippen LogP contribution in [0.25, 0.3) is 5.65 Å². The average molecular weight is 400 g/mol. The minimum Gasteiger partial charge on any atom is -0.457 e. The second-order valence-electron chi connectivity index (χ2n) is 6.85. The lowest BCUT2D eigenvalue weighted by atomic mass is 10.2. The molecule has 0 radical (unpaired) electrons. The zero-order chi connectivity index (χ0) is 20.8. The second-order valence-corrected chi connectivity index (χ2v) is 6.85. The van der Waals surface area contributed by atoms with E-state index >= 15 is 0 Å². The maximum absolute atomic E-state index is 6.10. The standard InChI is InChI=1S/C23H24N6O/c1-17-8-7-10-19(14-17)30-20-11-4-3-9-18(20)15-25-23(24-2)26-16-22-28-27-21-12-5-6-13-29(21)22/h3-14H,15-16H2,1-2H3,(H2,24,25,26). The molecule has 0 saturated carbocycles. The van der Waals surface area contributed by atoms with Crippen molar-refractivity contribution in [2.24, 2.45) is 4.99 Å². The van der Waals surface area contributed by atoms with Crippen LogP contribution in [0.5, 0.6) is 11.5 Å². The molecule has 2 N–H and O–H groups in total. The van der Waals surface area contributed by atoms with Gasteiger partial charge in [0.25, 0.3) is 0 Å². The van der Waals surface area contributed by atoms with Crippen LogP contribution in [-0.2, 0) is 13.1 Å². The Balaban J connectivity index is 1.39. The minimum absolute atomic E-state index is 0.506. The van der Waals surface area contributed by atoms with E-state index in [0.717, 1.165) is 34.1 Å². The first kappa shape index (κ1) is 19.4. The Bertz CT molecular complexity index is 1170. The first-order valence-corrected chi connectivity index (χ1v) is 9.78. The summed E-state index contributed by atoms with van der Waals surface area (Å²) >= 11 is 0. The number of pyridine rings is 1. The van der Waals surface area contributed by atoms with Crippen LogP contribution in [0.1, 0.15) is 17.0 Å². The summed E-state index contributed by atoms with van der Waals surface area (Å²) in [5.41, 5.74) is 3.02. The van der Waals surface area contributed by atoms with Crippen LogP contribution in [0.3, 0.4) is 0 Å². The van der Waals surface area contributed by atoms with Crippen molar-refractivity contribution in [2.75, 3.05) is 7.05 Å². The van der Waals surface area contributed by atoms with Crippen LogP contribution in [0.2, 0.25) is 0 Å². The molecule has 7 heteroatoms. The fourth-order valence-electron chi connectivity index (χ4n) is 3.13. The second kappa shape index (κ2) is 9.09. The van der Waals surface area contributed by atoms with Crippen molar-refractivity contribution < 1.29 is 4.74 Å². The number of ether oxygens (including phenoxy) is 1. The fraction of sp³-hybridized carbons (Fsp3) is 0.174. The van der Waals surface area contributed by atoms with Crippen LogP contribution < -0.4 is 15.4 Å². The Morgan fingerprint density at radius 2 is 1.80 bits per heavy atom. The summed E-state index contributed by atoms with van der Waals surface area (Å²) in [6.45, 7) is 3.13. The van der Waals surface area contributed by atoms with Gasteiger partial charge < -0.3 is 15.4 Å². The highest BCUT2D eigenvalue weighted by Gasteiger charge is 2.08. The van der Waals surface area contributed by atoms with Gasteiger partial charge in [-0.2, -0.15) is 0 Å². The molecule has 0 aliphatic heterocycles. The molecule has 0 aliphatic carbocycles. The molecule has 152 valence electrons. The average Bonchev–Trinajstić information content (AvgIpc) is 3.18. The molecule has 2 heterocycles. The first-order chi connectivity index (χ1) is 14.7. The fourth-order valence-corrected chi connectivity index (χ4v) is 3.13. The molecule has 0 aliphatic rings. The van der Waals surface area contributed by atoms with Crippen LogP contribution in [0.15, 0.2) is 77.9 Å². The Labute approximate surface area is 175 Å². The van der Waals surface area contributed by atoms with E-state index in [1.54, 1.807) is 7.05 Å². The molecule has 2 aromatic carbocycles. The van der Waals surface area contributed by atoms with Crippen molar-refractivity contribution in [1.29, 1.82) is 0 Å². The van der Waals surface area contributed by atoms with Gasteiger partial charge in [-0.1, -0.05) is 36.4 Å². The number of aromatic nitrogens is 3. The van der Waals surface area contributed by atoms with E-state index in [0.29, 0.717) is 19.0 Å². The van der Waals surface area contributed by atoms with Crippen molar-refractivity contribution >= 4 is 11.6 Å². The number of hydrogen-bond acceptors (Lipinski definition) is 4. The number of nitrogens with one attached hydrogen (secondary N) is 2. The van der Waals surface area contributed by atoms with Gasteiger partial charge in [0.1, 0.15) is 11.5 Å². The Hall–Kier alpha value is -3.87. The van der Waals surface area contributed by atoms with E-state index in [1.165, 1.54) is 0 Å². The van der Waals surface area contributed by atoms with Gasteiger partial charge >= 0.3 is 0 Å². The Kier molecular flexibility index (Phi) is 5.89. The van der Waals surface area contributed by atoms with Gasteiger partial charge in [0.15, 0.2) is 17.4 Å². The molecule has 2 aromatic heterocycles. The first-order valence-electron chi connectivity index (χ1n) is 9.78. The van der Waals surface area contributed by atoms with Crippen LogP contribution in [-0.4, -0.2) is 27.6 Å². The number of nitrogens with zero attached hydrogens (tertiary/aromatic N) is 4. The Morgan fingerprint density at radius 1 is 0.967 bits per heavy atom. The van der Waals surface area contributed by atoms with Crippen molar-refractivity contribution in [3.63, 3.8) is 0 Å². The van der Waals surface area contributed by atoms with Gasteiger partial charge in [-0.05, 0) is 42.8 Å². The highest BCUT2D eigenvalue weighted by molar-refractivity contribution is 5.79. The monoisotopic (exact) mass is 400 g/mol. The Morgan fingerprint density at radius 3 is 2.67 bits per heavy atom. The number of para-hydroxylation sites is 1. The van der Waals surface area contributed by atoms with E-state index < -0.39 is 0 Å². The number of rotatable bonds is 6. The predicted octanol–water partition coefficient (Wildman–Crippen LogP) is 3.70. The van der Waals surface area contributed by atoms with E-state index in [1.807, 2.05) is 71.3 Å². The molecule has 7 nitrogen and oxygen atoms in total. The third-order valence-corrected chi connectivity index (χ3v) is 4.66. The summed E-state index contributed by atoms with van der Waals surface area (Å²) < 4.78 is 8.05. The van der Waals surface area contributed by atoms with Crippen LogP contribution >= 0.6 is 0 Å². The van der Waals surface area contributed by atoms with Crippen molar-refractivity contribution in [3.8, 4) is 11.5 Å². The number of hydrogen-bond donors (Lipinski definition) is 2. The van der Waals surface area contributed by atoms with Gasteiger partial charge in [-0.3, -0.25) is 9.39 Å². The lowest BCUT2D eigenvalue weighted by Crippen LogP contribution is -2.36. The van der Waals surface area contributed by atoms with Crippen LogP contribution in [0.4, 0.5) is 0 Å². The highest BCUT2D eigenvalue weighted by Crippen LogP contribution is 2.25. The van der Waals surface area contributed by atoms with Crippen molar-refractivity contribution in [1.82, 2.24) is 25.2 Å². The molecule has 0 bridgehead atoms. The maximum Gasteiger partial charge on any atom is 0.191 e. The highest BCUT2D eigenvalue weighted by atomic mass is 16.5. The number of fused-ring (bicyclic) bond motifs is 1. The molecule has 0 unspecified atom stereocenters. The van der Waals surface area contributed by atoms with Gasteiger partial charge in [0.2, 0.25) is 0 Å². The van der Waals surface area contributed by atoms with Crippen molar-refractivity contribution in [2.45, 2.75) is 20.0 Å². The summed E-state index contributed by atoms with van der Waals surface area (Å²) in [5.74, 6) is 3.13. The molecule has 0 fully saturated rings. The largest absolute Gasteiger partial charge is 0.457 e. The molecule has 4 aromatic rings. The number of guanidine groups is 1. The lowest BCUT2D eigenvalue weighted by Gasteiger charge is -2.14. The van der Waals surface area contributed by atoms with E-state index in [4.69, 9.17) is 4.74 Å². The maximum atomic E-state index is 6.10. The van der Waals surface area contributed by atoms with E-state index in [-0.39, 0.29) is 0 Å². The summed E-state index contributed by atoms with van der Waals surface area (Å²) in [5, 5.41) is 15.0. The zero-order valence-electron chi connectivity index (χ0n) is 17.0. The predicted molar refractivity (Wildman–Crippen MR) is 118 cm³/mol. The molecule has 0 spiro atoms. The third-order valence-electron chi connectivity index (χ3n) is 4.66. The topological polar surface area (TPSA) is 75.8 Å². The summed E-state index contributed by atoms with van der Waals surface area (Å²) in [6, 6.07) is 21.8. The SMILES string of the molecule is CN=C(NCc1ccccc1Oc1cccc(C)c1)NCc1nnc2ccccn12. The third kappa shape index (κ3) is 4.57. The normalized spacial score (nSPS) is 11.5. The molecular weight excluding hydrogens is 376 g/mol. The number of benzene rings is 2. The van der Waals surface area contributed by atoms with E-state index in [9.17, 15) is 0 Å². The molecule has 0 amide bonds. The molecular formula is C23H24N6O. The lowest BCUT2D eigenvalue weighted by molar-refractivity contribution is 0.475. The minimum atomic E-state index is 0.506. The van der Waals surface area contributed by atoms with Gasteiger partial charge in [-0.25, -0.2) is 0 Å². The zero-order valence-corrected chi connectivity index (χ0v) is 17.0. The molecule has 4 rings (SSSR count). The molecule has 30 heavy (non-hydrogen) atoms. The van der Waals surface area contributed by atoms with Crippen molar-refractivity contribution in [3.05, 3.63) is 89.9 Å². The number of aliphatic imine (C=N–C) groups is 1. The molecule has 0 atom stereocenters. The summed E-state index contributed by atoms with van der Waals surface area (Å²) in [6.07, 6.45) is 1.95. The summed E-state index contributed by atoms with van der Waals surface area (Å²) in [4.78, 5) is 4.30. The quantitative estimate of drug-likeness (QED) is 0.381. The molecule has 0 saturated heterocycles. The smallest absolute Gasteiger partial charge is 0.191 e. The van der Waals surface area contributed by atoms with E-state index in [2.05, 4.69) is 38.8 Å². The van der Waals surface area contributed by atoms with Crippen LogP contribution in [0, 0.1) is 6.92 Å². The van der Waals surface area contributed by atoms with Gasteiger partial charge in [-0.15, -0.1) is 10.2 Å².